The molecule has 1 aromatic carbocycles. The maximum absolute atomic E-state index is 5.76. The lowest BCUT2D eigenvalue weighted by Gasteiger charge is -2.06. The van der Waals surface area contributed by atoms with E-state index in [1.54, 1.807) is 12.4 Å². The Bertz CT molecular complexity index is 485. The average Bonchev–Trinajstić information content (AvgIpc) is 2.30. The molecule has 82 valence electrons. The Morgan fingerprint density at radius 3 is 2.81 bits per heavy atom. The number of anilines is 1. The lowest BCUT2D eigenvalue weighted by molar-refractivity contribution is 0.340. The number of hydrogen-bond acceptors (Lipinski definition) is 4. The summed E-state index contributed by atoms with van der Waals surface area (Å²) in [6.45, 7) is 2.59. The van der Waals surface area contributed by atoms with Crippen molar-refractivity contribution in [1.82, 2.24) is 9.97 Å². The zero-order valence-electron chi connectivity index (χ0n) is 9.05. The van der Waals surface area contributed by atoms with Crippen molar-refractivity contribution < 1.29 is 4.74 Å². The maximum atomic E-state index is 5.76. The number of rotatable bonds is 3. The van der Waals surface area contributed by atoms with Crippen molar-refractivity contribution in [3.8, 4) is 17.0 Å². The van der Waals surface area contributed by atoms with E-state index in [1.165, 1.54) is 0 Å². The van der Waals surface area contributed by atoms with Crippen molar-refractivity contribution in [3.05, 3.63) is 36.7 Å². The van der Waals surface area contributed by atoms with E-state index < -0.39 is 0 Å². The molecular formula is C12H13N3O. The van der Waals surface area contributed by atoms with Crippen molar-refractivity contribution in [3.63, 3.8) is 0 Å². The van der Waals surface area contributed by atoms with Gasteiger partial charge < -0.3 is 10.5 Å². The van der Waals surface area contributed by atoms with Crippen LogP contribution in [0.2, 0.25) is 0 Å². The Kier molecular flexibility index (Phi) is 3.00. The number of ether oxygens (including phenoxy) is 1. The second-order valence-corrected chi connectivity index (χ2v) is 3.25. The molecule has 0 amide bonds. The van der Waals surface area contributed by atoms with Crippen molar-refractivity contribution in [2.24, 2.45) is 0 Å². The van der Waals surface area contributed by atoms with E-state index in [4.69, 9.17) is 10.5 Å². The van der Waals surface area contributed by atoms with Crippen LogP contribution in [-0.2, 0) is 0 Å². The van der Waals surface area contributed by atoms with Crippen LogP contribution in [0.5, 0.6) is 5.75 Å². The topological polar surface area (TPSA) is 61.0 Å². The summed E-state index contributed by atoms with van der Waals surface area (Å²) < 4.78 is 5.42. The predicted molar refractivity (Wildman–Crippen MR) is 63.0 cm³/mol. The molecule has 0 radical (unpaired) electrons. The molecule has 2 rings (SSSR count). The molecule has 16 heavy (non-hydrogen) atoms. The average molecular weight is 215 g/mol. The van der Waals surface area contributed by atoms with Gasteiger partial charge in [0.05, 0.1) is 6.61 Å². The minimum absolute atomic E-state index is 0.427. The van der Waals surface area contributed by atoms with E-state index in [-0.39, 0.29) is 0 Å². The Hall–Kier alpha value is -2.10. The number of nitrogens with two attached hydrogens (primary N) is 1. The van der Waals surface area contributed by atoms with E-state index in [0.717, 1.165) is 11.3 Å². The Labute approximate surface area is 94.1 Å². The number of nitrogen functional groups attached to an aromatic ring is 1. The van der Waals surface area contributed by atoms with Gasteiger partial charge in [0.2, 0.25) is 0 Å². The van der Waals surface area contributed by atoms with Crippen LogP contribution in [0.3, 0.4) is 0 Å². The fourth-order valence-corrected chi connectivity index (χ4v) is 1.47. The molecule has 0 atom stereocenters. The minimum Gasteiger partial charge on any atom is -0.494 e. The van der Waals surface area contributed by atoms with Gasteiger partial charge in [-0.15, -0.1) is 0 Å². The first kappa shape index (κ1) is 10.4. The molecule has 0 aliphatic heterocycles. The molecule has 0 unspecified atom stereocenters. The molecule has 1 aromatic heterocycles. The summed E-state index contributed by atoms with van der Waals surface area (Å²) in [5, 5.41) is 0. The van der Waals surface area contributed by atoms with Gasteiger partial charge in [0.1, 0.15) is 17.3 Å². The van der Waals surface area contributed by atoms with Gasteiger partial charge in [0.25, 0.3) is 0 Å². The molecule has 0 bridgehead atoms. The van der Waals surface area contributed by atoms with Crippen molar-refractivity contribution in [1.29, 1.82) is 0 Å². The number of hydrogen-bond donors (Lipinski definition) is 1. The highest BCUT2D eigenvalue weighted by Gasteiger charge is 2.05. The van der Waals surface area contributed by atoms with Crippen LogP contribution in [0, 0.1) is 0 Å². The van der Waals surface area contributed by atoms with Gasteiger partial charge in [-0.1, -0.05) is 12.1 Å². The van der Waals surface area contributed by atoms with Crippen LogP contribution in [0.25, 0.3) is 11.3 Å². The first-order valence-corrected chi connectivity index (χ1v) is 5.11. The van der Waals surface area contributed by atoms with Gasteiger partial charge >= 0.3 is 0 Å². The first-order valence-electron chi connectivity index (χ1n) is 5.11. The molecule has 1 heterocycles. The van der Waals surface area contributed by atoms with E-state index >= 15 is 0 Å². The zero-order valence-corrected chi connectivity index (χ0v) is 9.05. The van der Waals surface area contributed by atoms with E-state index in [2.05, 4.69) is 9.97 Å². The number of benzene rings is 1. The second kappa shape index (κ2) is 4.61. The van der Waals surface area contributed by atoms with Crippen molar-refractivity contribution in [2.45, 2.75) is 6.92 Å². The smallest absolute Gasteiger partial charge is 0.149 e. The molecule has 4 nitrogen and oxygen atoms in total. The number of nitrogens with zero attached hydrogens (tertiary/aromatic N) is 2. The van der Waals surface area contributed by atoms with Gasteiger partial charge in [-0.2, -0.15) is 0 Å². The molecule has 4 heteroatoms. The van der Waals surface area contributed by atoms with E-state index in [9.17, 15) is 0 Å². The van der Waals surface area contributed by atoms with E-state index in [0.29, 0.717) is 18.1 Å². The monoisotopic (exact) mass is 215 g/mol. The standard InChI is InChI=1S/C12H13N3O/c1-2-16-10-5-3-4-9(8-10)11-12(13)15-7-6-14-11/h3-8H,2H2,1H3,(H2,13,15). The van der Waals surface area contributed by atoms with E-state index in [1.807, 2.05) is 31.2 Å². The minimum atomic E-state index is 0.427. The Balaban J connectivity index is 2.40. The Morgan fingerprint density at radius 1 is 1.25 bits per heavy atom. The third kappa shape index (κ3) is 2.11. The lowest BCUT2D eigenvalue weighted by atomic mass is 10.1. The van der Waals surface area contributed by atoms with Gasteiger partial charge in [-0.3, -0.25) is 4.98 Å². The number of aromatic nitrogens is 2. The van der Waals surface area contributed by atoms with Gasteiger partial charge in [0.15, 0.2) is 0 Å². The normalized spacial score (nSPS) is 10.1. The third-order valence-corrected chi connectivity index (χ3v) is 2.15. The van der Waals surface area contributed by atoms with Crippen LogP contribution in [0.1, 0.15) is 6.92 Å². The summed E-state index contributed by atoms with van der Waals surface area (Å²) in [6, 6.07) is 7.65. The predicted octanol–water partition coefficient (Wildman–Crippen LogP) is 2.12. The SMILES string of the molecule is CCOc1cccc(-c2nccnc2N)c1. The largest absolute Gasteiger partial charge is 0.494 e. The molecule has 2 aromatic rings. The molecular weight excluding hydrogens is 202 g/mol. The van der Waals surface area contributed by atoms with Gasteiger partial charge in [-0.25, -0.2) is 4.98 Å². The summed E-state index contributed by atoms with van der Waals surface area (Å²) >= 11 is 0. The maximum Gasteiger partial charge on any atom is 0.149 e. The summed E-state index contributed by atoms with van der Waals surface area (Å²) in [4.78, 5) is 8.21. The third-order valence-electron chi connectivity index (χ3n) is 2.15. The second-order valence-electron chi connectivity index (χ2n) is 3.25. The zero-order chi connectivity index (χ0) is 11.4. The summed E-state index contributed by atoms with van der Waals surface area (Å²) in [7, 11) is 0. The molecule has 2 N–H and O–H groups in total. The highest BCUT2D eigenvalue weighted by molar-refractivity contribution is 5.70. The quantitative estimate of drug-likeness (QED) is 0.851. The van der Waals surface area contributed by atoms with Crippen LogP contribution < -0.4 is 10.5 Å². The molecule has 0 saturated carbocycles. The highest BCUT2D eigenvalue weighted by Crippen LogP contribution is 2.24. The first-order chi connectivity index (χ1) is 7.81. The lowest BCUT2D eigenvalue weighted by Crippen LogP contribution is -1.97. The van der Waals surface area contributed by atoms with Gasteiger partial charge in [-0.05, 0) is 19.1 Å². The summed E-state index contributed by atoms with van der Waals surface area (Å²) in [6.07, 6.45) is 3.20. The van der Waals surface area contributed by atoms with Crippen LogP contribution >= 0.6 is 0 Å². The molecule has 0 aliphatic carbocycles. The van der Waals surface area contributed by atoms with Crippen LogP contribution in [-0.4, -0.2) is 16.6 Å². The summed E-state index contributed by atoms with van der Waals surface area (Å²) in [5.41, 5.74) is 7.36. The fraction of sp³-hybridized carbons (Fsp3) is 0.167. The molecule has 0 fully saturated rings. The van der Waals surface area contributed by atoms with Crippen molar-refractivity contribution in [2.75, 3.05) is 12.3 Å². The fourth-order valence-electron chi connectivity index (χ4n) is 1.47. The molecule has 0 aliphatic rings. The van der Waals surface area contributed by atoms with Crippen LogP contribution in [0.4, 0.5) is 5.82 Å². The van der Waals surface area contributed by atoms with Crippen LogP contribution in [0.15, 0.2) is 36.7 Å². The molecule has 0 saturated heterocycles. The highest BCUT2D eigenvalue weighted by atomic mass is 16.5. The summed E-state index contributed by atoms with van der Waals surface area (Å²) in [5.74, 6) is 1.24. The van der Waals surface area contributed by atoms with Gasteiger partial charge in [0, 0.05) is 18.0 Å². The van der Waals surface area contributed by atoms with Crippen molar-refractivity contribution >= 4 is 5.82 Å². The Morgan fingerprint density at radius 2 is 2.06 bits per heavy atom. The molecule has 0 spiro atoms.